The number of amides is 2. The molecule has 168 valence electrons. The maximum Gasteiger partial charge on any atom is 0.293 e. The summed E-state index contributed by atoms with van der Waals surface area (Å²) in [7, 11) is 1.58. The number of rotatable bonds is 7. The van der Waals surface area contributed by atoms with E-state index in [1.807, 2.05) is 24.3 Å². The Labute approximate surface area is 187 Å². The first-order valence-corrected chi connectivity index (χ1v) is 13.6. The van der Waals surface area contributed by atoms with Crippen molar-refractivity contribution < 1.29 is 24.0 Å². The maximum atomic E-state index is 13.3. The van der Waals surface area contributed by atoms with Crippen molar-refractivity contribution in [2.24, 2.45) is 0 Å². The van der Waals surface area contributed by atoms with Gasteiger partial charge in [0, 0.05) is 12.7 Å². The summed E-state index contributed by atoms with van der Waals surface area (Å²) < 4.78 is 10.1. The second kappa shape index (κ2) is 9.27. The summed E-state index contributed by atoms with van der Waals surface area (Å²) in [5.41, 5.74) is 1.22. The number of hydrogen-bond acceptors (Lipinski definition) is 6. The number of aromatic nitrogens is 1. The summed E-state index contributed by atoms with van der Waals surface area (Å²) >= 11 is 0. The topological polar surface area (TPSA) is 105 Å². The van der Waals surface area contributed by atoms with Crippen molar-refractivity contribution in [2.75, 3.05) is 19.5 Å². The molecule has 0 saturated carbocycles. The third kappa shape index (κ3) is 5.17. The number of ether oxygens (including phenoxy) is 1. The molecule has 0 unspecified atom stereocenters. The van der Waals surface area contributed by atoms with E-state index < -0.39 is 31.8 Å². The van der Waals surface area contributed by atoms with Crippen molar-refractivity contribution in [2.45, 2.75) is 25.7 Å². The number of aromatic hydroxyl groups is 1. The number of nitrogens with one attached hydrogen (secondary N) is 1. The van der Waals surface area contributed by atoms with Gasteiger partial charge < -0.3 is 24.6 Å². The van der Waals surface area contributed by atoms with Gasteiger partial charge in [0.2, 0.25) is 5.76 Å². The van der Waals surface area contributed by atoms with E-state index in [-0.39, 0.29) is 5.76 Å². The summed E-state index contributed by atoms with van der Waals surface area (Å²) in [6.07, 6.45) is 0. The quantitative estimate of drug-likeness (QED) is 0.532. The monoisotopic (exact) mass is 453 g/mol. The molecule has 3 rings (SSSR count). The molecule has 2 N–H and O–H groups in total. The smallest absolute Gasteiger partial charge is 0.293 e. The standard InChI is InChI=1S/C23H27N3O5Si/c1-26(23(29)19-14-20(27)25-31-19)21(15-6-10-17(30-2)11-7-15)22(28)24-16-8-12-18(13-9-16)32(3,4)5/h6-14,21H,1-5H3,(H,24,28)(H,25,27)/t21-/m1/s1. The van der Waals surface area contributed by atoms with Gasteiger partial charge in [-0.05, 0) is 35.0 Å². The maximum absolute atomic E-state index is 13.3. The summed E-state index contributed by atoms with van der Waals surface area (Å²) in [6.45, 7) is 6.76. The highest BCUT2D eigenvalue weighted by Crippen LogP contribution is 2.26. The first-order valence-electron chi connectivity index (χ1n) is 10.1. The van der Waals surface area contributed by atoms with Crippen LogP contribution in [0.3, 0.4) is 0 Å². The molecule has 0 aliphatic carbocycles. The SMILES string of the molecule is COc1ccc([C@H](C(=O)Nc2ccc([Si](C)(C)C)cc2)N(C)C(=O)c2cc(O)no2)cc1. The lowest BCUT2D eigenvalue weighted by Crippen LogP contribution is -2.39. The molecule has 32 heavy (non-hydrogen) atoms. The Morgan fingerprint density at radius 3 is 2.22 bits per heavy atom. The molecule has 0 spiro atoms. The lowest BCUT2D eigenvalue weighted by atomic mass is 10.0. The van der Waals surface area contributed by atoms with Crippen molar-refractivity contribution in [3.8, 4) is 11.6 Å². The van der Waals surface area contributed by atoms with Crippen LogP contribution in [0.2, 0.25) is 19.6 Å². The first-order chi connectivity index (χ1) is 15.1. The van der Waals surface area contributed by atoms with Gasteiger partial charge in [-0.2, -0.15) is 0 Å². The summed E-state index contributed by atoms with van der Waals surface area (Å²) in [5.74, 6) is -0.937. The minimum absolute atomic E-state index is 0.171. The van der Waals surface area contributed by atoms with Gasteiger partial charge >= 0.3 is 0 Å². The van der Waals surface area contributed by atoms with Crippen molar-refractivity contribution in [1.29, 1.82) is 0 Å². The van der Waals surface area contributed by atoms with Gasteiger partial charge in [-0.25, -0.2) is 0 Å². The molecule has 2 aromatic carbocycles. The molecule has 0 aliphatic heterocycles. The normalized spacial score (nSPS) is 12.2. The van der Waals surface area contributed by atoms with Crippen LogP contribution in [-0.2, 0) is 4.79 Å². The molecule has 1 atom stereocenters. The molecule has 1 aromatic heterocycles. The van der Waals surface area contributed by atoms with E-state index in [1.165, 1.54) is 17.1 Å². The van der Waals surface area contributed by atoms with Crippen molar-refractivity contribution in [3.63, 3.8) is 0 Å². The van der Waals surface area contributed by atoms with Crippen LogP contribution in [0.1, 0.15) is 22.2 Å². The van der Waals surface area contributed by atoms with Gasteiger partial charge in [-0.1, -0.05) is 49.1 Å². The third-order valence-corrected chi connectivity index (χ3v) is 7.18. The Morgan fingerprint density at radius 1 is 1.09 bits per heavy atom. The van der Waals surface area contributed by atoms with Crippen LogP contribution in [0.25, 0.3) is 0 Å². The first kappa shape index (κ1) is 23.1. The number of likely N-dealkylation sites (N-methyl/N-ethyl adjacent to an activating group) is 1. The molecule has 3 aromatic rings. The number of carbonyl (C=O) groups is 2. The number of methoxy groups -OCH3 is 1. The zero-order valence-corrected chi connectivity index (χ0v) is 19.7. The van der Waals surface area contributed by atoms with Crippen LogP contribution < -0.4 is 15.2 Å². The highest BCUT2D eigenvalue weighted by Gasteiger charge is 2.31. The zero-order chi connectivity index (χ0) is 23.5. The molecular weight excluding hydrogens is 426 g/mol. The highest BCUT2D eigenvalue weighted by atomic mass is 28.3. The van der Waals surface area contributed by atoms with E-state index in [2.05, 4.69) is 30.1 Å². The van der Waals surface area contributed by atoms with Crippen LogP contribution in [0.4, 0.5) is 5.69 Å². The van der Waals surface area contributed by atoms with Gasteiger partial charge in [0.15, 0.2) is 0 Å². The van der Waals surface area contributed by atoms with Gasteiger partial charge in [-0.15, -0.1) is 0 Å². The molecule has 2 amide bonds. The lowest BCUT2D eigenvalue weighted by molar-refractivity contribution is -0.120. The Kier molecular flexibility index (Phi) is 6.68. The van der Waals surface area contributed by atoms with Crippen LogP contribution in [0, 0.1) is 0 Å². The lowest BCUT2D eigenvalue weighted by Gasteiger charge is -2.27. The molecule has 9 heteroatoms. The molecular formula is C23H27N3O5Si. The van der Waals surface area contributed by atoms with E-state index in [0.717, 1.165) is 6.07 Å². The highest BCUT2D eigenvalue weighted by molar-refractivity contribution is 6.88. The third-order valence-electron chi connectivity index (χ3n) is 5.11. The fraction of sp³-hybridized carbons (Fsp3) is 0.261. The second-order valence-electron chi connectivity index (χ2n) is 8.46. The predicted octanol–water partition coefficient (Wildman–Crippen LogP) is 3.39. The van der Waals surface area contributed by atoms with Gasteiger partial charge in [0.1, 0.15) is 11.8 Å². The number of anilines is 1. The van der Waals surface area contributed by atoms with Crippen LogP contribution in [0.5, 0.6) is 11.6 Å². The van der Waals surface area contributed by atoms with Crippen molar-refractivity contribution in [3.05, 3.63) is 65.9 Å². The largest absolute Gasteiger partial charge is 0.497 e. The summed E-state index contributed by atoms with van der Waals surface area (Å²) in [5, 5.41) is 16.9. The Bertz CT molecular complexity index is 1090. The van der Waals surface area contributed by atoms with Crippen LogP contribution >= 0.6 is 0 Å². The van der Waals surface area contributed by atoms with E-state index in [4.69, 9.17) is 9.26 Å². The molecule has 0 radical (unpaired) electrons. The minimum Gasteiger partial charge on any atom is -0.497 e. The minimum atomic E-state index is -1.46. The molecule has 0 aliphatic rings. The molecule has 0 saturated heterocycles. The number of benzene rings is 2. The van der Waals surface area contributed by atoms with Crippen molar-refractivity contribution in [1.82, 2.24) is 10.1 Å². The number of nitrogens with zero attached hydrogens (tertiary/aromatic N) is 2. The number of hydrogen-bond donors (Lipinski definition) is 2. The Morgan fingerprint density at radius 2 is 1.72 bits per heavy atom. The molecule has 8 nitrogen and oxygen atoms in total. The van der Waals surface area contributed by atoms with Crippen LogP contribution in [-0.4, -0.2) is 49.2 Å². The van der Waals surface area contributed by atoms with E-state index in [9.17, 15) is 14.7 Å². The fourth-order valence-electron chi connectivity index (χ4n) is 3.26. The van der Waals surface area contributed by atoms with Crippen LogP contribution in [0.15, 0.2) is 59.1 Å². The Balaban J connectivity index is 1.90. The summed E-state index contributed by atoms with van der Waals surface area (Å²) in [6, 6.07) is 14.8. The van der Waals surface area contributed by atoms with E-state index >= 15 is 0 Å². The predicted molar refractivity (Wildman–Crippen MR) is 124 cm³/mol. The molecule has 0 fully saturated rings. The van der Waals surface area contributed by atoms with Gasteiger partial charge in [0.25, 0.3) is 17.7 Å². The zero-order valence-electron chi connectivity index (χ0n) is 18.7. The summed E-state index contributed by atoms with van der Waals surface area (Å²) in [4.78, 5) is 27.4. The number of carbonyl (C=O) groups excluding carboxylic acids is 2. The molecule has 0 bridgehead atoms. The van der Waals surface area contributed by atoms with Gasteiger partial charge in [-0.3, -0.25) is 9.59 Å². The average Bonchev–Trinajstić information content (AvgIpc) is 3.19. The molecule has 1 heterocycles. The second-order valence-corrected chi connectivity index (χ2v) is 13.5. The van der Waals surface area contributed by atoms with E-state index in [1.54, 1.807) is 31.4 Å². The van der Waals surface area contributed by atoms with Gasteiger partial charge in [0.05, 0.1) is 21.3 Å². The van der Waals surface area contributed by atoms with Crippen molar-refractivity contribution >= 4 is 30.8 Å². The fourth-order valence-corrected chi connectivity index (χ4v) is 4.43. The van der Waals surface area contributed by atoms with E-state index in [0.29, 0.717) is 17.0 Å². The Hall–Kier alpha value is -3.59. The average molecular weight is 454 g/mol.